The summed E-state index contributed by atoms with van der Waals surface area (Å²) in [6, 6.07) is 16.1. The zero-order chi connectivity index (χ0) is 19.3. The minimum absolute atomic E-state index is 0.199. The average molecular weight is 371 g/mol. The average Bonchev–Trinajstić information content (AvgIpc) is 3.21. The number of benzene rings is 2. The second-order valence-corrected chi connectivity index (χ2v) is 6.21. The van der Waals surface area contributed by atoms with Crippen LogP contribution < -0.4 is 10.6 Å². The first kappa shape index (κ1) is 17.4. The van der Waals surface area contributed by atoms with Crippen molar-refractivity contribution in [2.45, 2.75) is 6.54 Å². The summed E-state index contributed by atoms with van der Waals surface area (Å²) in [6.07, 6.45) is 4.73. The number of anilines is 1. The van der Waals surface area contributed by atoms with Crippen LogP contribution in [0, 0.1) is 0 Å². The number of H-pyrrole nitrogens is 1. The maximum atomic E-state index is 12.5. The molecule has 0 bridgehead atoms. The molecule has 0 saturated heterocycles. The Hall–Kier alpha value is -4.00. The lowest BCUT2D eigenvalue weighted by Crippen LogP contribution is -2.23. The van der Waals surface area contributed by atoms with Crippen LogP contribution in [0.4, 0.5) is 5.69 Å². The Morgan fingerprint density at radius 2 is 1.89 bits per heavy atom. The summed E-state index contributed by atoms with van der Waals surface area (Å²) in [5, 5.41) is 5.72. The molecule has 0 fully saturated rings. The van der Waals surface area contributed by atoms with Gasteiger partial charge in [-0.2, -0.15) is 0 Å². The predicted molar refractivity (Wildman–Crippen MR) is 106 cm³/mol. The molecular weight excluding hydrogens is 354 g/mol. The summed E-state index contributed by atoms with van der Waals surface area (Å²) < 4.78 is 0. The van der Waals surface area contributed by atoms with Gasteiger partial charge >= 0.3 is 0 Å². The first-order valence-corrected chi connectivity index (χ1v) is 8.71. The number of pyridine rings is 1. The van der Waals surface area contributed by atoms with E-state index >= 15 is 0 Å². The highest BCUT2D eigenvalue weighted by Crippen LogP contribution is 2.15. The quantitative estimate of drug-likeness (QED) is 0.502. The Labute approximate surface area is 160 Å². The van der Waals surface area contributed by atoms with Gasteiger partial charge in [0.15, 0.2) is 0 Å². The molecule has 0 aliphatic rings. The van der Waals surface area contributed by atoms with E-state index in [4.69, 9.17) is 0 Å². The van der Waals surface area contributed by atoms with Crippen LogP contribution in [0.5, 0.6) is 0 Å². The van der Waals surface area contributed by atoms with Crippen molar-refractivity contribution >= 4 is 28.5 Å². The van der Waals surface area contributed by atoms with Gasteiger partial charge in [0.2, 0.25) is 0 Å². The molecule has 0 aliphatic carbocycles. The van der Waals surface area contributed by atoms with Crippen molar-refractivity contribution in [1.82, 2.24) is 20.3 Å². The first-order chi connectivity index (χ1) is 13.7. The van der Waals surface area contributed by atoms with Gasteiger partial charge < -0.3 is 15.6 Å². The monoisotopic (exact) mass is 371 g/mol. The van der Waals surface area contributed by atoms with Crippen LogP contribution in [0.1, 0.15) is 26.3 Å². The highest BCUT2D eigenvalue weighted by atomic mass is 16.2. The van der Waals surface area contributed by atoms with Gasteiger partial charge in [-0.3, -0.25) is 14.6 Å². The molecule has 0 saturated carbocycles. The Morgan fingerprint density at radius 3 is 2.75 bits per heavy atom. The number of fused-ring (bicyclic) bond motifs is 1. The van der Waals surface area contributed by atoms with Crippen molar-refractivity contribution in [1.29, 1.82) is 0 Å². The highest BCUT2D eigenvalue weighted by Gasteiger charge is 2.09. The predicted octanol–water partition coefficient (Wildman–Crippen LogP) is 3.14. The second-order valence-electron chi connectivity index (χ2n) is 6.21. The van der Waals surface area contributed by atoms with Gasteiger partial charge in [-0.1, -0.05) is 12.1 Å². The molecule has 2 aromatic carbocycles. The fraction of sp³-hybridized carbons (Fsp3) is 0.0476. The van der Waals surface area contributed by atoms with Gasteiger partial charge in [0, 0.05) is 30.2 Å². The number of nitrogens with zero attached hydrogens (tertiary/aromatic N) is 2. The van der Waals surface area contributed by atoms with Crippen molar-refractivity contribution in [3.63, 3.8) is 0 Å². The minimum Gasteiger partial charge on any atom is -0.348 e. The van der Waals surface area contributed by atoms with Gasteiger partial charge in [0.1, 0.15) is 0 Å². The molecule has 0 spiro atoms. The van der Waals surface area contributed by atoms with E-state index in [-0.39, 0.29) is 11.8 Å². The molecule has 7 nitrogen and oxygen atoms in total. The molecule has 2 amide bonds. The zero-order valence-electron chi connectivity index (χ0n) is 14.8. The molecule has 2 heterocycles. The van der Waals surface area contributed by atoms with Gasteiger partial charge in [0.05, 0.1) is 22.9 Å². The number of hydrogen-bond acceptors (Lipinski definition) is 4. The van der Waals surface area contributed by atoms with Crippen LogP contribution in [0.3, 0.4) is 0 Å². The maximum absolute atomic E-state index is 12.5. The fourth-order valence-electron chi connectivity index (χ4n) is 2.82. The number of imidazole rings is 1. The SMILES string of the molecule is O=C(NCc1cccc(NC(=O)c2ccc3nc[nH]c3c2)c1)c1cccnc1. The van der Waals surface area contributed by atoms with E-state index in [1.807, 2.05) is 18.2 Å². The van der Waals surface area contributed by atoms with Crippen LogP contribution in [-0.2, 0) is 6.54 Å². The van der Waals surface area contributed by atoms with Crippen LogP contribution >= 0.6 is 0 Å². The third kappa shape index (κ3) is 3.88. The van der Waals surface area contributed by atoms with E-state index in [1.165, 1.54) is 6.20 Å². The Morgan fingerprint density at radius 1 is 0.964 bits per heavy atom. The van der Waals surface area contributed by atoms with E-state index in [2.05, 4.69) is 25.6 Å². The van der Waals surface area contributed by atoms with Gasteiger partial charge in [-0.05, 0) is 48.0 Å². The molecule has 0 atom stereocenters. The van der Waals surface area contributed by atoms with E-state index in [0.717, 1.165) is 16.6 Å². The van der Waals surface area contributed by atoms with Crippen LogP contribution in [0.25, 0.3) is 11.0 Å². The molecule has 0 unspecified atom stereocenters. The van der Waals surface area contributed by atoms with E-state index in [1.54, 1.807) is 48.9 Å². The number of aromatic nitrogens is 3. The summed E-state index contributed by atoms with van der Waals surface area (Å²) in [5.41, 5.74) is 4.18. The molecular formula is C21H17N5O2. The summed E-state index contributed by atoms with van der Waals surface area (Å²) in [7, 11) is 0. The van der Waals surface area contributed by atoms with Crippen molar-refractivity contribution in [2.75, 3.05) is 5.32 Å². The lowest BCUT2D eigenvalue weighted by molar-refractivity contribution is 0.0949. The molecule has 2 aromatic heterocycles. The van der Waals surface area contributed by atoms with E-state index < -0.39 is 0 Å². The molecule has 3 N–H and O–H groups in total. The van der Waals surface area contributed by atoms with Crippen molar-refractivity contribution in [2.24, 2.45) is 0 Å². The topological polar surface area (TPSA) is 99.8 Å². The summed E-state index contributed by atoms with van der Waals surface area (Å²) in [5.74, 6) is -0.413. The number of nitrogens with one attached hydrogen (secondary N) is 3. The Balaban J connectivity index is 1.41. The third-order valence-corrected chi connectivity index (χ3v) is 4.24. The second kappa shape index (κ2) is 7.71. The number of amides is 2. The molecule has 4 aromatic rings. The van der Waals surface area contributed by atoms with E-state index in [0.29, 0.717) is 23.4 Å². The van der Waals surface area contributed by atoms with Crippen LogP contribution in [-0.4, -0.2) is 26.8 Å². The van der Waals surface area contributed by atoms with Crippen molar-refractivity contribution < 1.29 is 9.59 Å². The zero-order valence-corrected chi connectivity index (χ0v) is 14.8. The van der Waals surface area contributed by atoms with Gasteiger partial charge in [0.25, 0.3) is 11.8 Å². The first-order valence-electron chi connectivity index (χ1n) is 8.71. The molecule has 7 heteroatoms. The molecule has 28 heavy (non-hydrogen) atoms. The van der Waals surface area contributed by atoms with Crippen LogP contribution in [0.2, 0.25) is 0 Å². The summed E-state index contributed by atoms with van der Waals surface area (Å²) in [6.45, 7) is 0.345. The van der Waals surface area contributed by atoms with E-state index in [9.17, 15) is 9.59 Å². The standard InChI is InChI=1S/C21H17N5O2/c27-20(16-4-2-8-22-12-16)23-11-14-3-1-5-17(9-14)26-21(28)15-6-7-18-19(10-15)25-13-24-18/h1-10,12-13H,11H2,(H,23,27)(H,24,25)(H,26,28). The summed E-state index contributed by atoms with van der Waals surface area (Å²) >= 11 is 0. The highest BCUT2D eigenvalue weighted by molar-refractivity contribution is 6.05. The smallest absolute Gasteiger partial charge is 0.255 e. The largest absolute Gasteiger partial charge is 0.348 e. The number of carbonyl (C=O) groups is 2. The third-order valence-electron chi connectivity index (χ3n) is 4.24. The molecule has 0 aliphatic heterocycles. The normalized spacial score (nSPS) is 10.6. The molecule has 138 valence electrons. The number of aromatic amines is 1. The van der Waals surface area contributed by atoms with Crippen molar-refractivity contribution in [3.05, 3.63) is 90.0 Å². The molecule has 0 radical (unpaired) electrons. The number of carbonyl (C=O) groups excluding carboxylic acids is 2. The number of rotatable bonds is 5. The Bertz CT molecular complexity index is 1140. The summed E-state index contributed by atoms with van der Waals surface area (Å²) in [4.78, 5) is 35.7. The number of hydrogen-bond donors (Lipinski definition) is 3. The van der Waals surface area contributed by atoms with Gasteiger partial charge in [-0.15, -0.1) is 0 Å². The van der Waals surface area contributed by atoms with Crippen LogP contribution in [0.15, 0.2) is 73.3 Å². The Kier molecular flexibility index (Phi) is 4.79. The van der Waals surface area contributed by atoms with Crippen molar-refractivity contribution in [3.8, 4) is 0 Å². The van der Waals surface area contributed by atoms with Gasteiger partial charge in [-0.25, -0.2) is 4.98 Å². The lowest BCUT2D eigenvalue weighted by Gasteiger charge is -2.09. The fourth-order valence-corrected chi connectivity index (χ4v) is 2.82. The molecule has 4 rings (SSSR count). The maximum Gasteiger partial charge on any atom is 0.255 e. The minimum atomic E-state index is -0.215. The lowest BCUT2D eigenvalue weighted by atomic mass is 10.1.